The van der Waals surface area contributed by atoms with Gasteiger partial charge in [-0.15, -0.1) is 0 Å². The Kier molecular flexibility index (Phi) is 5.49. The van der Waals surface area contributed by atoms with Crippen molar-refractivity contribution in [3.63, 3.8) is 0 Å². The molecular weight excluding hydrogens is 300 g/mol. The molecule has 6 nitrogen and oxygen atoms in total. The lowest BCUT2D eigenvalue weighted by Crippen LogP contribution is -2.23. The van der Waals surface area contributed by atoms with Crippen molar-refractivity contribution in [2.75, 3.05) is 32.1 Å². The summed E-state index contributed by atoms with van der Waals surface area (Å²) in [5, 5.41) is 13.9. The van der Waals surface area contributed by atoms with Gasteiger partial charge in [-0.1, -0.05) is 0 Å². The van der Waals surface area contributed by atoms with Crippen LogP contribution < -0.4 is 10.2 Å². The van der Waals surface area contributed by atoms with Crippen LogP contribution in [-0.4, -0.2) is 37.1 Å². The van der Waals surface area contributed by atoms with Crippen molar-refractivity contribution < 1.29 is 4.92 Å². The number of rotatable bonds is 6. The summed E-state index contributed by atoms with van der Waals surface area (Å²) in [5.41, 5.74) is 0.639. The van der Waals surface area contributed by atoms with E-state index in [1.54, 1.807) is 6.92 Å². The Hall–Kier alpha value is -1.21. The van der Waals surface area contributed by atoms with Crippen molar-refractivity contribution in [1.82, 2.24) is 10.3 Å². The van der Waals surface area contributed by atoms with Crippen LogP contribution in [0.1, 0.15) is 12.0 Å². The molecule has 0 atom stereocenters. The highest BCUT2D eigenvalue weighted by molar-refractivity contribution is 9.10. The highest BCUT2D eigenvalue weighted by Crippen LogP contribution is 2.32. The normalized spacial score (nSPS) is 10.4. The average Bonchev–Trinajstić information content (AvgIpc) is 2.32. The van der Waals surface area contributed by atoms with Crippen molar-refractivity contribution in [2.24, 2.45) is 0 Å². The molecule has 1 heterocycles. The fourth-order valence-electron chi connectivity index (χ4n) is 1.61. The first-order chi connectivity index (χ1) is 8.49. The molecule has 1 aromatic heterocycles. The zero-order chi connectivity index (χ0) is 13.7. The van der Waals surface area contributed by atoms with Crippen molar-refractivity contribution in [3.8, 4) is 0 Å². The predicted octanol–water partition coefficient (Wildman–Crippen LogP) is 2.11. The lowest BCUT2D eigenvalue weighted by molar-refractivity contribution is -0.385. The molecule has 0 saturated carbocycles. The second-order valence-electron chi connectivity index (χ2n) is 4.04. The molecule has 0 saturated heterocycles. The molecule has 1 aromatic rings. The van der Waals surface area contributed by atoms with Crippen LogP contribution in [0.25, 0.3) is 0 Å². The molecule has 0 aliphatic heterocycles. The fourth-order valence-corrected chi connectivity index (χ4v) is 2.21. The van der Waals surface area contributed by atoms with Crippen LogP contribution in [0.3, 0.4) is 0 Å². The van der Waals surface area contributed by atoms with E-state index in [0.29, 0.717) is 10.0 Å². The van der Waals surface area contributed by atoms with Gasteiger partial charge in [0.2, 0.25) is 0 Å². The molecule has 18 heavy (non-hydrogen) atoms. The van der Waals surface area contributed by atoms with E-state index in [4.69, 9.17) is 0 Å². The average molecular weight is 317 g/mol. The van der Waals surface area contributed by atoms with Gasteiger partial charge in [0.05, 0.1) is 9.40 Å². The van der Waals surface area contributed by atoms with Crippen LogP contribution in [0, 0.1) is 17.0 Å². The first kappa shape index (κ1) is 14.8. The predicted molar refractivity (Wildman–Crippen MR) is 75.1 cm³/mol. The van der Waals surface area contributed by atoms with E-state index >= 15 is 0 Å². The van der Waals surface area contributed by atoms with Crippen LogP contribution >= 0.6 is 15.9 Å². The lowest BCUT2D eigenvalue weighted by atomic mass is 10.2. The van der Waals surface area contributed by atoms with Gasteiger partial charge in [0, 0.05) is 19.2 Å². The maximum absolute atomic E-state index is 10.8. The summed E-state index contributed by atoms with van der Waals surface area (Å²) in [6.45, 7) is 3.48. The minimum atomic E-state index is -0.419. The molecule has 100 valence electrons. The van der Waals surface area contributed by atoms with Crippen LogP contribution in [0.2, 0.25) is 0 Å². The van der Waals surface area contributed by atoms with Gasteiger partial charge in [0.1, 0.15) is 12.0 Å². The van der Waals surface area contributed by atoms with Gasteiger partial charge < -0.3 is 10.2 Å². The number of hydrogen-bond donors (Lipinski definition) is 1. The van der Waals surface area contributed by atoms with E-state index in [9.17, 15) is 10.1 Å². The fraction of sp³-hybridized carbons (Fsp3) is 0.545. The number of halogens is 1. The maximum Gasteiger partial charge on any atom is 0.291 e. The van der Waals surface area contributed by atoms with E-state index in [1.807, 2.05) is 19.0 Å². The number of nitro groups is 1. The van der Waals surface area contributed by atoms with Crippen LogP contribution in [0.15, 0.2) is 10.7 Å². The standard InChI is InChI=1S/C11H17BrN4O2/c1-8-9(16(17)18)7-14-11(10(8)12)15(3)6-4-5-13-2/h7,13H,4-6H2,1-3H3. The van der Waals surface area contributed by atoms with Gasteiger partial charge in [-0.2, -0.15) is 0 Å². The summed E-state index contributed by atoms with van der Waals surface area (Å²) in [4.78, 5) is 16.5. The smallest absolute Gasteiger partial charge is 0.291 e. The Labute approximate surface area is 115 Å². The molecule has 0 spiro atoms. The number of pyridine rings is 1. The third-order valence-electron chi connectivity index (χ3n) is 2.70. The molecule has 1 N–H and O–H groups in total. The Bertz CT molecular complexity index is 439. The van der Waals surface area contributed by atoms with Crippen molar-refractivity contribution in [1.29, 1.82) is 0 Å². The third kappa shape index (κ3) is 3.39. The minimum absolute atomic E-state index is 0.0363. The molecule has 0 aliphatic carbocycles. The third-order valence-corrected chi connectivity index (χ3v) is 3.65. The zero-order valence-electron chi connectivity index (χ0n) is 10.7. The summed E-state index contributed by atoms with van der Waals surface area (Å²) in [6.07, 6.45) is 2.29. The van der Waals surface area contributed by atoms with Crippen LogP contribution in [0.5, 0.6) is 0 Å². The van der Waals surface area contributed by atoms with Gasteiger partial charge in [0.15, 0.2) is 0 Å². The maximum atomic E-state index is 10.8. The van der Waals surface area contributed by atoms with Crippen molar-refractivity contribution >= 4 is 27.4 Å². The second-order valence-corrected chi connectivity index (χ2v) is 4.83. The molecule has 1 rings (SSSR count). The molecule has 7 heteroatoms. The Morgan fingerprint density at radius 1 is 1.61 bits per heavy atom. The highest BCUT2D eigenvalue weighted by Gasteiger charge is 2.18. The van der Waals surface area contributed by atoms with Gasteiger partial charge in [0.25, 0.3) is 5.69 Å². The number of nitrogens with one attached hydrogen (secondary N) is 1. The summed E-state index contributed by atoms with van der Waals surface area (Å²) < 4.78 is 0.684. The van der Waals surface area contributed by atoms with E-state index in [0.717, 1.165) is 25.3 Å². The number of hydrogen-bond acceptors (Lipinski definition) is 5. The van der Waals surface area contributed by atoms with Crippen LogP contribution in [0.4, 0.5) is 11.5 Å². The summed E-state index contributed by atoms with van der Waals surface area (Å²) in [5.74, 6) is 0.731. The number of anilines is 1. The molecule has 0 amide bonds. The number of aromatic nitrogens is 1. The van der Waals surface area contributed by atoms with Gasteiger partial charge >= 0.3 is 0 Å². The molecule has 0 fully saturated rings. The lowest BCUT2D eigenvalue weighted by Gasteiger charge is -2.20. The van der Waals surface area contributed by atoms with Gasteiger partial charge in [-0.3, -0.25) is 10.1 Å². The Morgan fingerprint density at radius 2 is 2.28 bits per heavy atom. The SMILES string of the molecule is CNCCCN(C)c1ncc([N+](=O)[O-])c(C)c1Br. The molecule has 0 bridgehead atoms. The second kappa shape index (κ2) is 6.65. The molecule has 0 aromatic carbocycles. The molecule has 0 unspecified atom stereocenters. The summed E-state index contributed by atoms with van der Waals surface area (Å²) in [7, 11) is 3.83. The minimum Gasteiger partial charge on any atom is -0.359 e. The van der Waals surface area contributed by atoms with Gasteiger partial charge in [-0.05, 0) is 42.9 Å². The summed E-state index contributed by atoms with van der Waals surface area (Å²) in [6, 6.07) is 0. The molecule has 0 aliphatic rings. The largest absolute Gasteiger partial charge is 0.359 e. The van der Waals surface area contributed by atoms with Crippen molar-refractivity contribution in [2.45, 2.75) is 13.3 Å². The monoisotopic (exact) mass is 316 g/mol. The Morgan fingerprint density at radius 3 is 2.83 bits per heavy atom. The first-order valence-electron chi connectivity index (χ1n) is 5.64. The van der Waals surface area contributed by atoms with E-state index in [1.165, 1.54) is 6.20 Å². The first-order valence-corrected chi connectivity index (χ1v) is 6.43. The van der Waals surface area contributed by atoms with E-state index < -0.39 is 4.92 Å². The van der Waals surface area contributed by atoms with Crippen molar-refractivity contribution in [3.05, 3.63) is 26.3 Å². The quantitative estimate of drug-likeness (QED) is 0.494. The van der Waals surface area contributed by atoms with E-state index in [2.05, 4.69) is 26.2 Å². The van der Waals surface area contributed by atoms with Gasteiger partial charge in [-0.25, -0.2) is 4.98 Å². The topological polar surface area (TPSA) is 71.3 Å². The van der Waals surface area contributed by atoms with Crippen LogP contribution in [-0.2, 0) is 0 Å². The summed E-state index contributed by atoms with van der Waals surface area (Å²) >= 11 is 3.38. The Balaban J connectivity index is 2.90. The zero-order valence-corrected chi connectivity index (χ0v) is 12.3. The molecule has 0 radical (unpaired) electrons. The number of nitrogens with zero attached hydrogens (tertiary/aromatic N) is 3. The van der Waals surface area contributed by atoms with E-state index in [-0.39, 0.29) is 5.69 Å². The molecular formula is C11H17BrN4O2. The highest BCUT2D eigenvalue weighted by atomic mass is 79.9.